The molecular weight excluding hydrogens is 420 g/mol. The third-order valence-corrected chi connectivity index (χ3v) is 5.97. The third-order valence-electron chi connectivity index (χ3n) is 5.66. The Labute approximate surface area is 185 Å². The number of fused-ring (bicyclic) bond motifs is 2. The molecule has 0 bridgehead atoms. The number of hydrogen-bond acceptors (Lipinski definition) is 8. The Hall–Kier alpha value is -2.81. The molecule has 0 spiro atoms. The van der Waals surface area contributed by atoms with E-state index in [1.165, 1.54) is 6.33 Å². The van der Waals surface area contributed by atoms with E-state index >= 15 is 0 Å². The van der Waals surface area contributed by atoms with Crippen molar-refractivity contribution in [2.45, 2.75) is 25.6 Å². The number of nitrogens with zero attached hydrogens (tertiary/aromatic N) is 3. The predicted molar refractivity (Wildman–Crippen MR) is 117 cm³/mol. The number of aromatic nitrogens is 2. The molecule has 162 valence electrons. The van der Waals surface area contributed by atoms with Gasteiger partial charge in [0, 0.05) is 30.8 Å². The predicted octanol–water partition coefficient (Wildman–Crippen LogP) is 4.33. The van der Waals surface area contributed by atoms with E-state index in [1.807, 2.05) is 24.3 Å². The molecule has 0 radical (unpaired) electrons. The van der Waals surface area contributed by atoms with Gasteiger partial charge in [0.25, 0.3) is 0 Å². The summed E-state index contributed by atoms with van der Waals surface area (Å²) in [5.74, 6) is 2.48. The van der Waals surface area contributed by atoms with Gasteiger partial charge >= 0.3 is 0 Å². The van der Waals surface area contributed by atoms with Gasteiger partial charge in [0.1, 0.15) is 42.0 Å². The van der Waals surface area contributed by atoms with E-state index in [0.717, 1.165) is 36.9 Å². The van der Waals surface area contributed by atoms with Crippen LogP contribution in [0.1, 0.15) is 18.4 Å². The van der Waals surface area contributed by atoms with Crippen LogP contribution >= 0.6 is 11.6 Å². The average molecular weight is 443 g/mol. The molecule has 1 fully saturated rings. The van der Waals surface area contributed by atoms with E-state index in [4.69, 9.17) is 30.8 Å². The summed E-state index contributed by atoms with van der Waals surface area (Å²) in [6, 6.07) is 7.43. The first-order valence-electron chi connectivity index (χ1n) is 10.2. The maximum absolute atomic E-state index is 6.47. The molecule has 31 heavy (non-hydrogen) atoms. The van der Waals surface area contributed by atoms with Crippen molar-refractivity contribution in [3.63, 3.8) is 0 Å². The van der Waals surface area contributed by atoms with Crippen molar-refractivity contribution >= 4 is 34.0 Å². The molecule has 1 N–H and O–H groups in total. The molecule has 0 atom stereocenters. The van der Waals surface area contributed by atoms with Gasteiger partial charge in [0.05, 0.1) is 23.0 Å². The highest BCUT2D eigenvalue weighted by atomic mass is 35.5. The number of anilines is 2. The fraction of sp³-hybridized carbons (Fsp3) is 0.364. The lowest BCUT2D eigenvalue weighted by Gasteiger charge is -2.29. The summed E-state index contributed by atoms with van der Waals surface area (Å²) < 4.78 is 11.9. The number of hydrogen-bond donors (Lipinski definition) is 1. The second kappa shape index (κ2) is 8.37. The number of likely N-dealkylation sites (tertiary alicyclic amines) is 1. The molecule has 1 aromatic heterocycles. The van der Waals surface area contributed by atoms with Crippen LogP contribution in [0.4, 0.5) is 11.5 Å². The zero-order valence-corrected chi connectivity index (χ0v) is 18.1. The summed E-state index contributed by atoms with van der Waals surface area (Å²) in [5, 5.41) is 4.58. The molecule has 2 aromatic carbocycles. The quantitative estimate of drug-likeness (QED) is 0.585. The van der Waals surface area contributed by atoms with Crippen molar-refractivity contribution < 1.29 is 19.2 Å². The topological polar surface area (TPSA) is 78.0 Å². The van der Waals surface area contributed by atoms with Crippen LogP contribution in [0, 0.1) is 0 Å². The number of piperidine rings is 1. The summed E-state index contributed by atoms with van der Waals surface area (Å²) in [7, 11) is 3.76. The first-order chi connectivity index (χ1) is 15.1. The highest BCUT2D eigenvalue weighted by molar-refractivity contribution is 6.33. The van der Waals surface area contributed by atoms with Gasteiger partial charge < -0.3 is 24.6 Å². The zero-order chi connectivity index (χ0) is 21.4. The van der Waals surface area contributed by atoms with Crippen LogP contribution in [0.2, 0.25) is 5.02 Å². The van der Waals surface area contributed by atoms with Crippen LogP contribution in [0.5, 0.6) is 17.2 Å². The molecule has 8 nitrogen and oxygen atoms in total. The van der Waals surface area contributed by atoms with Crippen LogP contribution in [0.3, 0.4) is 0 Å². The van der Waals surface area contributed by atoms with Gasteiger partial charge in [-0.2, -0.15) is 4.89 Å². The zero-order valence-electron chi connectivity index (χ0n) is 17.4. The number of rotatable bonds is 5. The number of benzene rings is 2. The molecule has 1 saturated heterocycles. The lowest BCUT2D eigenvalue weighted by molar-refractivity contribution is -0.194. The van der Waals surface area contributed by atoms with Gasteiger partial charge in [0.2, 0.25) is 0 Å². The SMILES string of the molecule is COc1cc(OC2CCN(C)CC2)c2c(Nc3c(Cl)ccc4c3OOC4)ncnc2c1. The third kappa shape index (κ3) is 3.94. The smallest absolute Gasteiger partial charge is 0.196 e. The molecule has 3 heterocycles. The lowest BCUT2D eigenvalue weighted by atomic mass is 10.1. The Morgan fingerprint density at radius 3 is 2.84 bits per heavy atom. The van der Waals surface area contributed by atoms with Gasteiger partial charge in [-0.3, -0.25) is 0 Å². The first kappa shape index (κ1) is 20.1. The van der Waals surface area contributed by atoms with Gasteiger partial charge in [0.15, 0.2) is 5.75 Å². The summed E-state index contributed by atoms with van der Waals surface area (Å²) in [4.78, 5) is 21.7. The number of halogens is 1. The van der Waals surface area contributed by atoms with Gasteiger partial charge in [-0.1, -0.05) is 17.7 Å². The van der Waals surface area contributed by atoms with Gasteiger partial charge in [-0.25, -0.2) is 9.97 Å². The van der Waals surface area contributed by atoms with Gasteiger partial charge in [-0.05, 0) is 26.0 Å². The Morgan fingerprint density at radius 2 is 2.03 bits per heavy atom. The average Bonchev–Trinajstić information content (AvgIpc) is 3.26. The number of methoxy groups -OCH3 is 1. The highest BCUT2D eigenvalue weighted by Crippen LogP contribution is 2.43. The van der Waals surface area contributed by atoms with E-state index in [-0.39, 0.29) is 6.10 Å². The summed E-state index contributed by atoms with van der Waals surface area (Å²) in [6.45, 7) is 2.36. The molecule has 0 unspecified atom stereocenters. The van der Waals surface area contributed by atoms with E-state index in [9.17, 15) is 0 Å². The molecule has 9 heteroatoms. The standard InChI is InChI=1S/C22H23ClN4O4/c1-27-7-5-14(6-8-27)30-18-10-15(28-2)9-17-19(18)22(25-12-24-17)26-20-16(23)4-3-13-11-29-31-21(13)20/h3-4,9-10,12,14H,5-8,11H2,1-2H3,(H,24,25,26). The minimum Gasteiger partial charge on any atom is -0.497 e. The van der Waals surface area contributed by atoms with Crippen LogP contribution in [0.15, 0.2) is 30.6 Å². The van der Waals surface area contributed by atoms with Crippen molar-refractivity contribution in [2.24, 2.45) is 0 Å². The molecule has 5 rings (SSSR count). The molecule has 3 aromatic rings. The molecule has 2 aliphatic rings. The molecule has 0 amide bonds. The van der Waals surface area contributed by atoms with E-state index in [0.29, 0.717) is 45.9 Å². The molecule has 0 saturated carbocycles. The van der Waals surface area contributed by atoms with Crippen molar-refractivity contribution in [3.05, 3.63) is 41.2 Å². The van der Waals surface area contributed by atoms with Crippen molar-refractivity contribution in [1.82, 2.24) is 14.9 Å². The fourth-order valence-electron chi connectivity index (χ4n) is 3.91. The van der Waals surface area contributed by atoms with Crippen LogP contribution in [0.25, 0.3) is 10.9 Å². The van der Waals surface area contributed by atoms with Crippen LogP contribution < -0.4 is 19.7 Å². The van der Waals surface area contributed by atoms with E-state index in [2.05, 4.69) is 27.2 Å². The van der Waals surface area contributed by atoms with Crippen LogP contribution in [-0.4, -0.2) is 48.2 Å². The first-order valence-corrected chi connectivity index (χ1v) is 10.6. The Balaban J connectivity index is 1.57. The number of ether oxygens (including phenoxy) is 2. The van der Waals surface area contributed by atoms with E-state index in [1.54, 1.807) is 7.11 Å². The normalized spacial score (nSPS) is 16.7. The Bertz CT molecular complexity index is 1120. The minimum absolute atomic E-state index is 0.112. The maximum Gasteiger partial charge on any atom is 0.196 e. The highest BCUT2D eigenvalue weighted by Gasteiger charge is 2.24. The van der Waals surface area contributed by atoms with E-state index < -0.39 is 0 Å². The van der Waals surface area contributed by atoms with Crippen molar-refractivity contribution in [3.8, 4) is 17.2 Å². The van der Waals surface area contributed by atoms with Crippen molar-refractivity contribution in [1.29, 1.82) is 0 Å². The van der Waals surface area contributed by atoms with Gasteiger partial charge in [-0.15, -0.1) is 0 Å². The fourth-order valence-corrected chi connectivity index (χ4v) is 4.11. The summed E-state index contributed by atoms with van der Waals surface area (Å²) in [5.41, 5.74) is 2.22. The summed E-state index contributed by atoms with van der Waals surface area (Å²) >= 11 is 6.47. The lowest BCUT2D eigenvalue weighted by Crippen LogP contribution is -2.35. The Morgan fingerprint density at radius 1 is 1.19 bits per heavy atom. The van der Waals surface area contributed by atoms with Crippen molar-refractivity contribution in [2.75, 3.05) is 32.6 Å². The maximum atomic E-state index is 6.47. The molecule has 2 aliphatic heterocycles. The molecular formula is C22H23ClN4O4. The summed E-state index contributed by atoms with van der Waals surface area (Å²) in [6.07, 6.45) is 3.52. The van der Waals surface area contributed by atoms with Crippen LogP contribution in [-0.2, 0) is 11.5 Å². The minimum atomic E-state index is 0.112. The molecule has 0 aliphatic carbocycles. The second-order valence-corrected chi connectivity index (χ2v) is 8.15. The Kier molecular flexibility index (Phi) is 5.43. The largest absolute Gasteiger partial charge is 0.497 e. The second-order valence-electron chi connectivity index (χ2n) is 7.74. The number of nitrogens with one attached hydrogen (secondary N) is 1. The monoisotopic (exact) mass is 442 g/mol.